The fraction of sp³-hybridized carbons (Fsp3) is 0.333. The average Bonchev–Trinajstić information content (AvgIpc) is 2.91. The molecular weight excluding hydrogens is 300 g/mol. The van der Waals surface area contributed by atoms with E-state index in [9.17, 15) is 9.59 Å². The average molecular weight is 316 g/mol. The molecule has 0 saturated heterocycles. The van der Waals surface area contributed by atoms with Crippen LogP contribution in [0.3, 0.4) is 0 Å². The minimum atomic E-state index is -0.297. The monoisotopic (exact) mass is 316 g/mol. The minimum absolute atomic E-state index is 0.0808. The van der Waals surface area contributed by atoms with Crippen molar-refractivity contribution in [1.29, 1.82) is 0 Å². The summed E-state index contributed by atoms with van der Waals surface area (Å²) in [5, 5.41) is 8.57. The third kappa shape index (κ3) is 2.59. The summed E-state index contributed by atoms with van der Waals surface area (Å²) in [5.41, 5.74) is 3.49. The predicted molar refractivity (Wildman–Crippen MR) is 87.2 cm³/mol. The van der Waals surface area contributed by atoms with Crippen molar-refractivity contribution in [2.45, 2.75) is 26.7 Å². The highest BCUT2D eigenvalue weighted by molar-refractivity contribution is 7.22. The zero-order valence-corrected chi connectivity index (χ0v) is 13.5. The van der Waals surface area contributed by atoms with Crippen LogP contribution in [0.2, 0.25) is 0 Å². The number of amides is 2. The summed E-state index contributed by atoms with van der Waals surface area (Å²) in [6.07, 6.45) is 0.665. The van der Waals surface area contributed by atoms with Crippen LogP contribution in [0.1, 0.15) is 24.0 Å². The van der Waals surface area contributed by atoms with E-state index in [0.717, 1.165) is 21.3 Å². The Morgan fingerprint density at radius 3 is 2.68 bits per heavy atom. The molecule has 0 bridgehead atoms. The lowest BCUT2D eigenvalue weighted by atomic mass is 10.1. The molecule has 0 radical (unpaired) electrons. The van der Waals surface area contributed by atoms with Gasteiger partial charge < -0.3 is 0 Å². The summed E-state index contributed by atoms with van der Waals surface area (Å²) in [4.78, 5) is 28.1. The Hall–Kier alpha value is -2.28. The molecule has 0 spiro atoms. The second-order valence-electron chi connectivity index (χ2n) is 5.31. The molecule has 0 fully saturated rings. The molecule has 6 nitrogen and oxygen atoms in total. The Bertz CT molecular complexity index is 770. The molecular formula is C15H16N4O2S. The molecule has 2 aromatic rings. The van der Waals surface area contributed by atoms with Crippen LogP contribution < -0.4 is 5.32 Å². The zero-order valence-electron chi connectivity index (χ0n) is 12.6. The molecule has 1 aromatic heterocycles. The van der Waals surface area contributed by atoms with E-state index in [1.807, 2.05) is 26.0 Å². The van der Waals surface area contributed by atoms with Crippen LogP contribution in [0.4, 0.5) is 5.13 Å². The van der Waals surface area contributed by atoms with Gasteiger partial charge in [-0.25, -0.2) is 9.99 Å². The standard InChI is InChI=1S/C15H16N4O2S/c1-8-4-5-9(2)13-12(8)16-15(22-13)17-14(21)10-6-7-11(20)19(3)18-10/h4-5H,6-7H2,1-3H3,(H,16,17,21). The van der Waals surface area contributed by atoms with Crippen LogP contribution in [-0.2, 0) is 9.59 Å². The second-order valence-corrected chi connectivity index (χ2v) is 6.31. The number of fused-ring (bicyclic) bond motifs is 1. The maximum absolute atomic E-state index is 12.3. The van der Waals surface area contributed by atoms with Gasteiger partial charge in [-0.3, -0.25) is 14.9 Å². The normalized spacial score (nSPS) is 15.1. The van der Waals surface area contributed by atoms with Gasteiger partial charge in [-0.15, -0.1) is 0 Å². The van der Waals surface area contributed by atoms with E-state index in [1.54, 1.807) is 7.05 Å². The molecule has 0 aliphatic carbocycles. The van der Waals surface area contributed by atoms with Crippen molar-refractivity contribution in [2.75, 3.05) is 12.4 Å². The molecule has 1 aromatic carbocycles. The van der Waals surface area contributed by atoms with Crippen molar-refractivity contribution in [3.05, 3.63) is 23.3 Å². The smallest absolute Gasteiger partial charge is 0.273 e. The number of carbonyl (C=O) groups excluding carboxylic acids is 2. The number of rotatable bonds is 2. The summed E-state index contributed by atoms with van der Waals surface area (Å²) >= 11 is 1.45. The van der Waals surface area contributed by atoms with Crippen LogP contribution in [0.5, 0.6) is 0 Å². The number of hydrogen-bond acceptors (Lipinski definition) is 5. The summed E-state index contributed by atoms with van der Waals surface area (Å²) < 4.78 is 1.08. The largest absolute Gasteiger partial charge is 0.297 e. The first-order chi connectivity index (χ1) is 10.5. The van der Waals surface area contributed by atoms with Gasteiger partial charge in [0.2, 0.25) is 5.91 Å². The maximum atomic E-state index is 12.3. The number of nitrogens with zero attached hydrogens (tertiary/aromatic N) is 3. The minimum Gasteiger partial charge on any atom is -0.297 e. The summed E-state index contributed by atoms with van der Waals surface area (Å²) in [7, 11) is 1.55. The van der Waals surface area contributed by atoms with Gasteiger partial charge in [0.25, 0.3) is 5.91 Å². The van der Waals surface area contributed by atoms with Gasteiger partial charge in [0.15, 0.2) is 5.13 Å². The van der Waals surface area contributed by atoms with Crippen LogP contribution in [0.15, 0.2) is 17.2 Å². The third-order valence-electron chi connectivity index (χ3n) is 3.63. The lowest BCUT2D eigenvalue weighted by Crippen LogP contribution is -2.34. The van der Waals surface area contributed by atoms with Gasteiger partial charge in [-0.05, 0) is 25.0 Å². The second kappa shape index (κ2) is 5.49. The lowest BCUT2D eigenvalue weighted by molar-refractivity contribution is -0.130. The first-order valence-electron chi connectivity index (χ1n) is 6.98. The van der Waals surface area contributed by atoms with E-state index in [1.165, 1.54) is 16.3 Å². The van der Waals surface area contributed by atoms with Crippen molar-refractivity contribution in [3.63, 3.8) is 0 Å². The first-order valence-corrected chi connectivity index (χ1v) is 7.79. The molecule has 2 heterocycles. The molecule has 1 aliphatic rings. The van der Waals surface area contributed by atoms with Crippen LogP contribution in [0.25, 0.3) is 10.2 Å². The van der Waals surface area contributed by atoms with E-state index >= 15 is 0 Å². The highest BCUT2D eigenvalue weighted by Crippen LogP contribution is 2.30. The third-order valence-corrected chi connectivity index (χ3v) is 4.74. The summed E-state index contributed by atoms with van der Waals surface area (Å²) in [6.45, 7) is 4.02. The lowest BCUT2D eigenvalue weighted by Gasteiger charge is -2.18. The molecule has 22 heavy (non-hydrogen) atoms. The topological polar surface area (TPSA) is 74.7 Å². The molecule has 1 N–H and O–H groups in total. The van der Waals surface area contributed by atoms with Gasteiger partial charge in [-0.1, -0.05) is 23.5 Å². The fourth-order valence-electron chi connectivity index (χ4n) is 2.31. The SMILES string of the molecule is Cc1ccc(C)c2sc(NC(=O)C3=NN(C)C(=O)CC3)nc12. The van der Waals surface area contributed by atoms with Gasteiger partial charge in [0, 0.05) is 19.9 Å². The van der Waals surface area contributed by atoms with Gasteiger partial charge >= 0.3 is 0 Å². The fourth-order valence-corrected chi connectivity index (χ4v) is 3.32. The van der Waals surface area contributed by atoms with Crippen LogP contribution >= 0.6 is 11.3 Å². The van der Waals surface area contributed by atoms with E-state index in [-0.39, 0.29) is 11.8 Å². The maximum Gasteiger partial charge on any atom is 0.273 e. The first kappa shape index (κ1) is 14.6. The number of carbonyl (C=O) groups is 2. The molecule has 1 aliphatic heterocycles. The Labute approximate surface area is 131 Å². The van der Waals surface area contributed by atoms with Gasteiger partial charge in [-0.2, -0.15) is 5.10 Å². The highest BCUT2D eigenvalue weighted by Gasteiger charge is 2.22. The number of anilines is 1. The number of hydrogen-bond donors (Lipinski definition) is 1. The predicted octanol–water partition coefficient (Wildman–Crippen LogP) is 2.46. The van der Waals surface area contributed by atoms with E-state index in [4.69, 9.17) is 0 Å². The molecule has 2 amide bonds. The zero-order chi connectivity index (χ0) is 15.9. The number of thiazole rings is 1. The van der Waals surface area contributed by atoms with Gasteiger partial charge in [0.05, 0.1) is 10.2 Å². The van der Waals surface area contributed by atoms with Gasteiger partial charge in [0.1, 0.15) is 5.71 Å². The Balaban J connectivity index is 1.86. The number of benzene rings is 1. The van der Waals surface area contributed by atoms with Crippen LogP contribution in [-0.4, -0.2) is 34.6 Å². The number of hydrazone groups is 1. The number of aryl methyl sites for hydroxylation is 2. The van der Waals surface area contributed by atoms with Crippen LogP contribution in [0, 0.1) is 13.8 Å². The van der Waals surface area contributed by atoms with Crippen molar-refractivity contribution in [2.24, 2.45) is 5.10 Å². The van der Waals surface area contributed by atoms with E-state index in [2.05, 4.69) is 15.4 Å². The van der Waals surface area contributed by atoms with Crippen molar-refractivity contribution >= 4 is 44.2 Å². The quantitative estimate of drug-likeness (QED) is 0.925. The molecule has 0 saturated carbocycles. The molecule has 3 rings (SSSR count). The van der Waals surface area contributed by atoms with E-state index < -0.39 is 0 Å². The van der Waals surface area contributed by atoms with Crippen molar-refractivity contribution in [1.82, 2.24) is 9.99 Å². The molecule has 7 heteroatoms. The Morgan fingerprint density at radius 2 is 2.00 bits per heavy atom. The Morgan fingerprint density at radius 1 is 1.27 bits per heavy atom. The summed E-state index contributed by atoms with van der Waals surface area (Å²) in [5.74, 6) is -0.378. The molecule has 0 atom stereocenters. The summed E-state index contributed by atoms with van der Waals surface area (Å²) in [6, 6.07) is 4.07. The number of aromatic nitrogens is 1. The highest BCUT2D eigenvalue weighted by atomic mass is 32.1. The van der Waals surface area contributed by atoms with Crippen molar-refractivity contribution < 1.29 is 9.59 Å². The number of nitrogens with one attached hydrogen (secondary N) is 1. The van der Waals surface area contributed by atoms with E-state index in [0.29, 0.717) is 23.7 Å². The van der Waals surface area contributed by atoms with Crippen molar-refractivity contribution in [3.8, 4) is 0 Å². The molecule has 0 unspecified atom stereocenters. The Kier molecular flexibility index (Phi) is 3.66. The molecule has 114 valence electrons.